The molecule has 2 amide bonds. The van der Waals surface area contributed by atoms with Gasteiger partial charge in [-0.15, -0.1) is 0 Å². The number of benzene rings is 1. The van der Waals surface area contributed by atoms with Gasteiger partial charge in [0.2, 0.25) is 0 Å². The van der Waals surface area contributed by atoms with Crippen LogP contribution in [0.15, 0.2) is 22.7 Å². The van der Waals surface area contributed by atoms with E-state index in [-0.39, 0.29) is 6.03 Å². The fraction of sp³-hybridized carbons (Fsp3) is 0.417. The molecule has 6 heteroatoms. The number of halogens is 2. The molecule has 1 aromatic carbocycles. The molecule has 3 N–H and O–H groups in total. The largest absolute Gasteiger partial charge is 0.381 e. The summed E-state index contributed by atoms with van der Waals surface area (Å²) in [7, 11) is 0. The average Bonchev–Trinajstić information content (AvgIpc) is 2.33. The zero-order chi connectivity index (χ0) is 13.1. The Balaban J connectivity index is 1.93. The van der Waals surface area contributed by atoms with Gasteiger partial charge in [0.1, 0.15) is 0 Å². The molecule has 18 heavy (non-hydrogen) atoms. The highest BCUT2D eigenvalue weighted by atomic mass is 79.9. The fourth-order valence-electron chi connectivity index (χ4n) is 2.07. The van der Waals surface area contributed by atoms with E-state index in [0.717, 1.165) is 23.0 Å². The van der Waals surface area contributed by atoms with Gasteiger partial charge in [-0.2, -0.15) is 0 Å². The molecule has 0 aliphatic carbocycles. The van der Waals surface area contributed by atoms with Crippen molar-refractivity contribution in [1.29, 1.82) is 0 Å². The van der Waals surface area contributed by atoms with Crippen molar-refractivity contribution >= 4 is 39.2 Å². The van der Waals surface area contributed by atoms with Gasteiger partial charge in [0.15, 0.2) is 0 Å². The lowest BCUT2D eigenvalue weighted by atomic mass is 10.0. The van der Waals surface area contributed by atoms with E-state index in [0.29, 0.717) is 24.2 Å². The first-order valence-electron chi connectivity index (χ1n) is 5.82. The van der Waals surface area contributed by atoms with E-state index >= 15 is 0 Å². The second-order valence-electron chi connectivity index (χ2n) is 4.37. The Morgan fingerprint density at radius 2 is 2.11 bits per heavy atom. The van der Waals surface area contributed by atoms with Crippen LogP contribution in [0.3, 0.4) is 0 Å². The van der Waals surface area contributed by atoms with Crippen LogP contribution in [0, 0.1) is 0 Å². The lowest BCUT2D eigenvalue weighted by molar-refractivity contribution is 0.193. The standard InChI is InChI=1S/C12H15BrClN3O/c13-8-1-2-11(10(14)7-8)16-9-3-5-17(6-4-9)12(15)18/h1-2,7,9,16H,3-6H2,(H2,15,18). The van der Waals surface area contributed by atoms with E-state index in [4.69, 9.17) is 17.3 Å². The van der Waals surface area contributed by atoms with Crippen molar-refractivity contribution in [3.8, 4) is 0 Å². The molecule has 1 saturated heterocycles. The lowest BCUT2D eigenvalue weighted by Crippen LogP contribution is -2.44. The number of carbonyl (C=O) groups excluding carboxylic acids is 1. The van der Waals surface area contributed by atoms with Crippen molar-refractivity contribution in [2.75, 3.05) is 18.4 Å². The van der Waals surface area contributed by atoms with Gasteiger partial charge in [0, 0.05) is 23.6 Å². The predicted octanol–water partition coefficient (Wildman–Crippen LogP) is 3.06. The molecule has 1 fully saturated rings. The quantitative estimate of drug-likeness (QED) is 0.874. The summed E-state index contributed by atoms with van der Waals surface area (Å²) in [5, 5.41) is 4.10. The molecule has 98 valence electrons. The Kier molecular flexibility index (Phi) is 4.35. The van der Waals surface area contributed by atoms with Crippen molar-refractivity contribution in [2.24, 2.45) is 5.73 Å². The van der Waals surface area contributed by atoms with Crippen LogP contribution in [0.1, 0.15) is 12.8 Å². The van der Waals surface area contributed by atoms with E-state index in [1.807, 2.05) is 18.2 Å². The third-order valence-electron chi connectivity index (χ3n) is 3.10. The minimum Gasteiger partial charge on any atom is -0.381 e. The number of nitrogens with two attached hydrogens (primary N) is 1. The number of anilines is 1. The van der Waals surface area contributed by atoms with E-state index in [2.05, 4.69) is 21.2 Å². The minimum absolute atomic E-state index is 0.333. The number of piperidine rings is 1. The summed E-state index contributed by atoms with van der Waals surface area (Å²) < 4.78 is 0.960. The van der Waals surface area contributed by atoms with Crippen molar-refractivity contribution in [1.82, 2.24) is 4.90 Å². The molecule has 1 aromatic rings. The van der Waals surface area contributed by atoms with E-state index in [1.165, 1.54) is 0 Å². The van der Waals surface area contributed by atoms with Crippen LogP contribution >= 0.6 is 27.5 Å². The first-order valence-corrected chi connectivity index (χ1v) is 6.99. The molecule has 0 saturated carbocycles. The van der Waals surface area contributed by atoms with E-state index in [1.54, 1.807) is 4.90 Å². The van der Waals surface area contributed by atoms with Gasteiger partial charge in [0.25, 0.3) is 0 Å². The molecule has 0 unspecified atom stereocenters. The summed E-state index contributed by atoms with van der Waals surface area (Å²) in [4.78, 5) is 12.7. The highest BCUT2D eigenvalue weighted by Crippen LogP contribution is 2.27. The van der Waals surface area contributed by atoms with Crippen molar-refractivity contribution < 1.29 is 4.79 Å². The molecule has 2 rings (SSSR count). The van der Waals surface area contributed by atoms with Gasteiger partial charge in [-0.1, -0.05) is 27.5 Å². The number of hydrogen-bond acceptors (Lipinski definition) is 2. The zero-order valence-electron chi connectivity index (χ0n) is 9.83. The molecule has 4 nitrogen and oxygen atoms in total. The monoisotopic (exact) mass is 331 g/mol. The second kappa shape index (κ2) is 5.80. The summed E-state index contributed by atoms with van der Waals surface area (Å²) in [5.74, 6) is 0. The Bertz CT molecular complexity index is 447. The predicted molar refractivity (Wildman–Crippen MR) is 77.0 cm³/mol. The average molecular weight is 333 g/mol. The first kappa shape index (κ1) is 13.5. The van der Waals surface area contributed by atoms with Crippen LogP contribution in [0.4, 0.5) is 10.5 Å². The number of nitrogens with one attached hydrogen (secondary N) is 1. The number of hydrogen-bond donors (Lipinski definition) is 2. The Hall–Kier alpha value is -0.940. The third-order valence-corrected chi connectivity index (χ3v) is 3.90. The molecule has 0 atom stereocenters. The highest BCUT2D eigenvalue weighted by molar-refractivity contribution is 9.10. The normalized spacial score (nSPS) is 16.7. The number of primary amides is 1. The van der Waals surface area contributed by atoms with Gasteiger partial charge in [-0.25, -0.2) is 4.79 Å². The van der Waals surface area contributed by atoms with Gasteiger partial charge in [0.05, 0.1) is 10.7 Å². The molecule has 0 bridgehead atoms. The SMILES string of the molecule is NC(=O)N1CCC(Nc2ccc(Br)cc2Cl)CC1. The van der Waals surface area contributed by atoms with Crippen LogP contribution in [0.2, 0.25) is 5.02 Å². The van der Waals surface area contributed by atoms with Crippen LogP contribution in [0.5, 0.6) is 0 Å². The number of urea groups is 1. The molecule has 0 aromatic heterocycles. The molecule has 1 heterocycles. The van der Waals surface area contributed by atoms with Crippen molar-refractivity contribution in [3.63, 3.8) is 0 Å². The second-order valence-corrected chi connectivity index (χ2v) is 5.69. The summed E-state index contributed by atoms with van der Waals surface area (Å²) in [6.45, 7) is 1.39. The molecule has 0 spiro atoms. The number of carbonyl (C=O) groups is 1. The third kappa shape index (κ3) is 3.29. The van der Waals surface area contributed by atoms with Gasteiger partial charge in [-0.3, -0.25) is 0 Å². The summed E-state index contributed by atoms with van der Waals surface area (Å²) in [6.07, 6.45) is 1.77. The van der Waals surface area contributed by atoms with Crippen LogP contribution < -0.4 is 11.1 Å². The van der Waals surface area contributed by atoms with Gasteiger partial charge < -0.3 is 16.0 Å². The summed E-state index contributed by atoms with van der Waals surface area (Å²) in [6, 6.07) is 5.76. The first-order chi connectivity index (χ1) is 8.56. The number of likely N-dealkylation sites (tertiary alicyclic amines) is 1. The van der Waals surface area contributed by atoms with E-state index < -0.39 is 0 Å². The maximum absolute atomic E-state index is 11.0. The Morgan fingerprint density at radius 1 is 1.44 bits per heavy atom. The Labute approximate surface area is 120 Å². The summed E-state index contributed by atoms with van der Waals surface area (Å²) >= 11 is 9.53. The molecule has 0 radical (unpaired) electrons. The van der Waals surface area contributed by atoms with Gasteiger partial charge in [-0.05, 0) is 31.0 Å². The fourth-order valence-corrected chi connectivity index (χ4v) is 2.80. The molecule has 1 aliphatic heterocycles. The van der Waals surface area contributed by atoms with Crippen LogP contribution in [0.25, 0.3) is 0 Å². The number of nitrogens with zero attached hydrogens (tertiary/aromatic N) is 1. The van der Waals surface area contributed by atoms with E-state index in [9.17, 15) is 4.79 Å². The van der Waals surface area contributed by atoms with Crippen molar-refractivity contribution in [2.45, 2.75) is 18.9 Å². The maximum atomic E-state index is 11.0. The number of rotatable bonds is 2. The van der Waals surface area contributed by atoms with Gasteiger partial charge >= 0.3 is 6.03 Å². The van der Waals surface area contributed by atoms with Crippen LogP contribution in [-0.4, -0.2) is 30.1 Å². The van der Waals surface area contributed by atoms with Crippen molar-refractivity contribution in [3.05, 3.63) is 27.7 Å². The summed E-state index contributed by atoms with van der Waals surface area (Å²) in [5.41, 5.74) is 6.17. The highest BCUT2D eigenvalue weighted by Gasteiger charge is 2.21. The minimum atomic E-state index is -0.338. The topological polar surface area (TPSA) is 58.4 Å². The Morgan fingerprint density at radius 3 is 2.67 bits per heavy atom. The maximum Gasteiger partial charge on any atom is 0.314 e. The van der Waals surface area contributed by atoms with Crippen LogP contribution in [-0.2, 0) is 0 Å². The smallest absolute Gasteiger partial charge is 0.314 e. The molecule has 1 aliphatic rings. The lowest BCUT2D eigenvalue weighted by Gasteiger charge is -2.31. The molecular formula is C12H15BrClN3O. The number of amides is 2. The zero-order valence-corrected chi connectivity index (χ0v) is 12.2. The molecular weight excluding hydrogens is 318 g/mol.